The van der Waals surface area contributed by atoms with Crippen LogP contribution in [0.25, 0.3) is 0 Å². The largest absolute Gasteiger partial charge is 0.481 e. The van der Waals surface area contributed by atoms with Crippen LogP contribution in [-0.4, -0.2) is 73.0 Å². The molecule has 10 heteroatoms. The van der Waals surface area contributed by atoms with Crippen LogP contribution in [0.5, 0.6) is 0 Å². The quantitative estimate of drug-likeness (QED) is 0.405. The zero-order chi connectivity index (χ0) is 23.4. The number of carbonyl (C=O) groups excluding carboxylic acids is 2. The van der Waals surface area contributed by atoms with E-state index in [2.05, 4.69) is 22.5 Å². The lowest BCUT2D eigenvalue weighted by molar-refractivity contribution is -0.149. The Labute approximate surface area is 203 Å². The Morgan fingerprint density at radius 3 is 2.66 bits per heavy atom. The van der Waals surface area contributed by atoms with E-state index in [1.165, 1.54) is 16.7 Å². The van der Waals surface area contributed by atoms with Crippen molar-refractivity contribution in [2.45, 2.75) is 40.3 Å². The van der Waals surface area contributed by atoms with E-state index >= 15 is 0 Å². The lowest BCUT2D eigenvalue weighted by atomic mass is 9.71. The first-order chi connectivity index (χ1) is 15.2. The topological polar surface area (TPSA) is 98.2 Å². The first-order valence-corrected chi connectivity index (χ1v) is 12.5. The van der Waals surface area contributed by atoms with Gasteiger partial charge in [-0.3, -0.25) is 14.4 Å². The number of aliphatic carboxylic acids is 1. The first-order valence-electron chi connectivity index (χ1n) is 10.3. The van der Waals surface area contributed by atoms with Gasteiger partial charge < -0.3 is 20.0 Å². The Morgan fingerprint density at radius 2 is 2.09 bits per heavy atom. The highest BCUT2D eigenvalue weighted by molar-refractivity contribution is 9.09. The van der Waals surface area contributed by atoms with Crippen molar-refractivity contribution in [2.75, 3.05) is 18.1 Å². The molecule has 7 nitrogen and oxygen atoms in total. The van der Waals surface area contributed by atoms with Crippen molar-refractivity contribution in [3.8, 4) is 0 Å². The number of likely N-dealkylation sites (tertiary alicyclic amines) is 1. The zero-order valence-corrected chi connectivity index (χ0v) is 20.5. The highest BCUT2D eigenvalue weighted by Crippen LogP contribution is 2.68. The van der Waals surface area contributed by atoms with Gasteiger partial charge in [-0.15, -0.1) is 18.3 Å². The van der Waals surface area contributed by atoms with Crippen molar-refractivity contribution >= 4 is 62.8 Å². The van der Waals surface area contributed by atoms with Crippen molar-refractivity contribution < 1.29 is 24.6 Å². The molecule has 32 heavy (non-hydrogen) atoms. The molecule has 3 unspecified atom stereocenters. The van der Waals surface area contributed by atoms with E-state index in [9.17, 15) is 24.6 Å². The van der Waals surface area contributed by atoms with Gasteiger partial charge in [-0.05, 0) is 37.6 Å². The number of rotatable bonds is 7. The van der Waals surface area contributed by atoms with Crippen molar-refractivity contribution in [1.29, 1.82) is 0 Å². The summed E-state index contributed by atoms with van der Waals surface area (Å²) in [7, 11) is 0. The number of carboxylic acids is 1. The smallest absolute Gasteiger partial charge is 0.308 e. The van der Waals surface area contributed by atoms with E-state index in [4.69, 9.17) is 11.6 Å². The number of alkyl halides is 1. The van der Waals surface area contributed by atoms with E-state index in [1.54, 1.807) is 42.2 Å². The number of hydrogen-bond acceptors (Lipinski definition) is 5. The van der Waals surface area contributed by atoms with Crippen LogP contribution in [0.1, 0.15) is 13.3 Å². The van der Waals surface area contributed by atoms with Crippen LogP contribution in [0.2, 0.25) is 5.02 Å². The van der Waals surface area contributed by atoms with Gasteiger partial charge >= 0.3 is 5.97 Å². The second-order valence-electron chi connectivity index (χ2n) is 8.49. The number of fused-ring (bicyclic) bond motifs is 1. The number of hydrogen-bond donors (Lipinski definition) is 2. The fourth-order valence-corrected chi connectivity index (χ4v) is 9.12. The molecule has 0 radical (unpaired) electrons. The Bertz CT molecular complexity index is 962. The van der Waals surface area contributed by atoms with Crippen molar-refractivity contribution in [3.05, 3.63) is 41.9 Å². The predicted molar refractivity (Wildman–Crippen MR) is 127 cm³/mol. The van der Waals surface area contributed by atoms with Crippen molar-refractivity contribution in [3.63, 3.8) is 0 Å². The van der Waals surface area contributed by atoms with Crippen LogP contribution in [0.4, 0.5) is 5.69 Å². The van der Waals surface area contributed by atoms with Gasteiger partial charge in [0.15, 0.2) is 0 Å². The predicted octanol–water partition coefficient (Wildman–Crippen LogP) is 2.79. The number of amides is 2. The number of carbonyl (C=O) groups is 3. The Balaban J connectivity index is 1.83. The molecule has 0 saturated carbocycles. The van der Waals surface area contributed by atoms with Gasteiger partial charge in [0, 0.05) is 27.3 Å². The molecule has 1 spiro atoms. The molecule has 0 aromatic heterocycles. The number of halogens is 2. The Morgan fingerprint density at radius 1 is 1.44 bits per heavy atom. The average Bonchev–Trinajstić information content (AvgIpc) is 3.35. The summed E-state index contributed by atoms with van der Waals surface area (Å²) in [4.78, 5) is 42.7. The molecular formula is C22H24BrClN2O5S. The second kappa shape index (κ2) is 8.66. The fraction of sp³-hybridized carbons (Fsp3) is 0.500. The molecule has 4 rings (SSSR count). The van der Waals surface area contributed by atoms with Crippen LogP contribution in [0, 0.1) is 11.8 Å². The monoisotopic (exact) mass is 542 g/mol. The molecule has 3 aliphatic heterocycles. The first kappa shape index (κ1) is 23.6. The van der Waals surface area contributed by atoms with Gasteiger partial charge in [0.25, 0.3) is 5.91 Å². The van der Waals surface area contributed by atoms with Gasteiger partial charge in [-0.25, -0.2) is 0 Å². The third kappa shape index (κ3) is 3.40. The molecule has 2 N–H and O–H groups in total. The number of nitrogens with zero attached hydrogens (tertiary/aromatic N) is 2. The summed E-state index contributed by atoms with van der Waals surface area (Å²) < 4.78 is -0.884. The number of thioether (sulfide) groups is 1. The lowest BCUT2D eigenvalue weighted by Crippen LogP contribution is -2.57. The van der Waals surface area contributed by atoms with E-state index in [0.29, 0.717) is 17.1 Å². The van der Waals surface area contributed by atoms with Crippen molar-refractivity contribution in [1.82, 2.24) is 4.90 Å². The summed E-state index contributed by atoms with van der Waals surface area (Å²) in [6.45, 7) is 5.32. The van der Waals surface area contributed by atoms with Crippen LogP contribution in [0.3, 0.4) is 0 Å². The fourth-order valence-electron chi connectivity index (χ4n) is 5.41. The zero-order valence-electron chi connectivity index (χ0n) is 17.4. The average molecular weight is 544 g/mol. The molecule has 3 aliphatic rings. The van der Waals surface area contributed by atoms with Crippen LogP contribution in [-0.2, 0) is 14.4 Å². The van der Waals surface area contributed by atoms with E-state index < -0.39 is 34.6 Å². The summed E-state index contributed by atoms with van der Waals surface area (Å²) in [5.41, 5.74) is 0.603. The van der Waals surface area contributed by atoms with E-state index in [1.807, 2.05) is 0 Å². The molecule has 7 atom stereocenters. The Kier molecular flexibility index (Phi) is 6.39. The minimum Gasteiger partial charge on any atom is -0.481 e. The van der Waals surface area contributed by atoms with Crippen LogP contribution in [0.15, 0.2) is 36.9 Å². The lowest BCUT2D eigenvalue weighted by Gasteiger charge is -2.39. The Hall–Kier alpha value is -1.55. The maximum atomic E-state index is 14.1. The van der Waals surface area contributed by atoms with Gasteiger partial charge in [-0.2, -0.15) is 0 Å². The van der Waals surface area contributed by atoms with E-state index in [0.717, 1.165) is 0 Å². The summed E-state index contributed by atoms with van der Waals surface area (Å²) in [6, 6.07) is 5.28. The summed E-state index contributed by atoms with van der Waals surface area (Å²) in [6.07, 6.45) is 2.10. The maximum Gasteiger partial charge on any atom is 0.308 e. The number of carboxylic acid groups (broad SMARTS) is 1. The minimum absolute atomic E-state index is 0.124. The molecule has 3 saturated heterocycles. The molecule has 3 fully saturated rings. The molecule has 2 bridgehead atoms. The third-order valence-electron chi connectivity index (χ3n) is 6.70. The van der Waals surface area contributed by atoms with Gasteiger partial charge in [0.05, 0.1) is 29.2 Å². The molecule has 1 aromatic carbocycles. The molecule has 0 aliphatic carbocycles. The van der Waals surface area contributed by atoms with Gasteiger partial charge in [0.2, 0.25) is 5.91 Å². The summed E-state index contributed by atoms with van der Waals surface area (Å²) in [5.74, 6) is -3.43. The summed E-state index contributed by atoms with van der Waals surface area (Å²) in [5, 5.41) is 20.1. The number of aliphatic hydroxyl groups is 1. The van der Waals surface area contributed by atoms with Crippen LogP contribution < -0.4 is 4.90 Å². The third-order valence-corrected chi connectivity index (χ3v) is 10.2. The maximum absolute atomic E-state index is 14.1. The SMILES string of the molecule is C=CCN(C(=O)C1N([C@H](C)CO)C(=O)[C@@H]2[C@@H](C(=O)O)[C@@H]3SC12CC3Br)c1ccc(Cl)cc1. The number of anilines is 1. The normalized spacial score (nSPS) is 33.8. The summed E-state index contributed by atoms with van der Waals surface area (Å²) >= 11 is 11.1. The number of aliphatic hydroxyl groups excluding tert-OH is 1. The highest BCUT2D eigenvalue weighted by Gasteiger charge is 2.76. The highest BCUT2D eigenvalue weighted by atomic mass is 79.9. The molecule has 1 aromatic rings. The number of benzene rings is 1. The van der Waals surface area contributed by atoms with Crippen molar-refractivity contribution in [2.24, 2.45) is 11.8 Å². The van der Waals surface area contributed by atoms with Gasteiger partial charge in [0.1, 0.15) is 6.04 Å². The standard InChI is InChI=1S/C22H24BrClN2O5S/c1-3-8-25(13-6-4-12(24)5-7-13)20(29)18-22-9-14(23)17(32-22)15(21(30)31)16(22)19(28)26(18)11(2)10-27/h3-7,11,14-18,27H,1,8-10H2,2H3,(H,30,31)/t11-,14?,15-,16+,17-,18?,22?/m1/s1. The molecule has 2 amide bonds. The molecule has 172 valence electrons. The van der Waals surface area contributed by atoms with Gasteiger partial charge in [-0.1, -0.05) is 33.6 Å². The van der Waals surface area contributed by atoms with E-state index in [-0.39, 0.29) is 35.0 Å². The molecular weight excluding hydrogens is 520 g/mol. The van der Waals surface area contributed by atoms with Crippen LogP contribution >= 0.6 is 39.3 Å². The molecule has 3 heterocycles. The second-order valence-corrected chi connectivity index (χ2v) is 11.6. The minimum atomic E-state index is -1.03.